The molecule has 0 radical (unpaired) electrons. The minimum Gasteiger partial charge on any atom is -0.207 e. The third-order valence-electron chi connectivity index (χ3n) is 3.23. The SMILES string of the molecule is CN(C)S(=O)(=O)c1cccc(S(=O)(=O)Cl)c1.O=S(=O)(Cl)c1cccc(S(=O)(=O)Cl)c1. The molecule has 0 bridgehead atoms. The van der Waals surface area contributed by atoms with Crippen LogP contribution in [0.3, 0.4) is 0 Å². The van der Waals surface area contributed by atoms with Gasteiger partial charge >= 0.3 is 0 Å². The van der Waals surface area contributed by atoms with Crippen molar-refractivity contribution in [3.05, 3.63) is 48.5 Å². The molecule has 9 nitrogen and oxygen atoms in total. The first kappa shape index (κ1) is 27.1. The smallest absolute Gasteiger partial charge is 0.207 e. The molecule has 2 rings (SSSR count). The Hall–Kier alpha value is -0.930. The molecule has 0 aliphatic rings. The highest BCUT2D eigenvalue weighted by molar-refractivity contribution is 8.14. The Morgan fingerprint density at radius 1 is 0.567 bits per heavy atom. The van der Waals surface area contributed by atoms with E-state index in [1.165, 1.54) is 50.5 Å². The summed E-state index contributed by atoms with van der Waals surface area (Å²) in [4.78, 5) is -0.960. The highest BCUT2D eigenvalue weighted by Crippen LogP contribution is 2.22. The molecule has 0 aliphatic heterocycles. The number of benzene rings is 2. The summed E-state index contributed by atoms with van der Waals surface area (Å²) < 4.78 is 89.8. The van der Waals surface area contributed by atoms with Crippen molar-refractivity contribution in [3.63, 3.8) is 0 Å². The van der Waals surface area contributed by atoms with Crippen molar-refractivity contribution in [3.8, 4) is 0 Å². The van der Waals surface area contributed by atoms with Gasteiger partial charge in [0.25, 0.3) is 27.2 Å². The molecule has 16 heteroatoms. The van der Waals surface area contributed by atoms with Crippen LogP contribution in [0, 0.1) is 0 Å². The molecule has 0 N–H and O–H groups in total. The predicted octanol–water partition coefficient (Wildman–Crippen LogP) is 2.41. The Morgan fingerprint density at radius 3 is 1.10 bits per heavy atom. The average Bonchev–Trinajstić information content (AvgIpc) is 2.60. The van der Waals surface area contributed by atoms with E-state index in [4.69, 9.17) is 32.0 Å². The summed E-state index contributed by atoms with van der Waals surface area (Å²) in [6.07, 6.45) is 0. The van der Waals surface area contributed by atoms with Gasteiger partial charge in [-0.05, 0) is 36.4 Å². The van der Waals surface area contributed by atoms with Crippen LogP contribution in [0.5, 0.6) is 0 Å². The fraction of sp³-hybridized carbons (Fsp3) is 0.143. The van der Waals surface area contributed by atoms with Crippen molar-refractivity contribution in [2.45, 2.75) is 19.6 Å². The molecular formula is C14H14Cl3NO8S4. The van der Waals surface area contributed by atoms with Gasteiger partial charge in [0.15, 0.2) is 0 Å². The van der Waals surface area contributed by atoms with Crippen LogP contribution in [0.2, 0.25) is 0 Å². The van der Waals surface area contributed by atoms with Crippen LogP contribution in [-0.4, -0.2) is 52.1 Å². The fourth-order valence-corrected chi connectivity index (χ4v) is 5.26. The van der Waals surface area contributed by atoms with Crippen LogP contribution in [0.15, 0.2) is 68.1 Å². The molecule has 0 fully saturated rings. The monoisotopic (exact) mass is 557 g/mol. The van der Waals surface area contributed by atoms with Gasteiger partial charge in [-0.15, -0.1) is 0 Å². The van der Waals surface area contributed by atoms with E-state index in [9.17, 15) is 33.7 Å². The second-order valence-corrected chi connectivity index (χ2v) is 15.4. The first-order valence-corrected chi connectivity index (χ1v) is 15.7. The first-order valence-electron chi connectivity index (χ1n) is 7.33. The number of halogens is 3. The Labute approximate surface area is 188 Å². The average molecular weight is 559 g/mol. The van der Waals surface area contributed by atoms with Gasteiger partial charge in [-0.2, -0.15) is 0 Å². The van der Waals surface area contributed by atoms with Gasteiger partial charge in [0.05, 0.1) is 19.6 Å². The molecule has 30 heavy (non-hydrogen) atoms. The van der Waals surface area contributed by atoms with Crippen LogP contribution >= 0.6 is 32.0 Å². The zero-order valence-electron chi connectivity index (χ0n) is 15.1. The molecule has 0 saturated heterocycles. The van der Waals surface area contributed by atoms with Crippen LogP contribution in [0.4, 0.5) is 0 Å². The molecule has 0 heterocycles. The van der Waals surface area contributed by atoms with Gasteiger partial charge in [0.2, 0.25) is 10.0 Å². The van der Waals surface area contributed by atoms with E-state index in [2.05, 4.69) is 0 Å². The van der Waals surface area contributed by atoms with Gasteiger partial charge in [0, 0.05) is 46.1 Å². The summed E-state index contributed by atoms with van der Waals surface area (Å²) in [5.41, 5.74) is 0. The molecule has 0 unspecified atom stereocenters. The van der Waals surface area contributed by atoms with E-state index in [0.29, 0.717) is 0 Å². The van der Waals surface area contributed by atoms with Crippen molar-refractivity contribution in [2.75, 3.05) is 14.1 Å². The molecule has 0 aliphatic carbocycles. The van der Waals surface area contributed by atoms with Crippen LogP contribution in [-0.2, 0) is 37.2 Å². The molecule has 0 amide bonds. The van der Waals surface area contributed by atoms with Gasteiger partial charge in [-0.1, -0.05) is 12.1 Å². The van der Waals surface area contributed by atoms with E-state index in [0.717, 1.165) is 16.4 Å². The van der Waals surface area contributed by atoms with E-state index >= 15 is 0 Å². The Kier molecular flexibility index (Phi) is 8.76. The highest BCUT2D eigenvalue weighted by Gasteiger charge is 2.20. The Balaban J connectivity index is 0.000000303. The highest BCUT2D eigenvalue weighted by atomic mass is 35.7. The van der Waals surface area contributed by atoms with Crippen LogP contribution < -0.4 is 0 Å². The summed E-state index contributed by atoms with van der Waals surface area (Å²) in [6.45, 7) is 0. The summed E-state index contributed by atoms with van der Waals surface area (Å²) in [5.74, 6) is 0. The minimum absolute atomic E-state index is 0.112. The lowest BCUT2D eigenvalue weighted by Gasteiger charge is -2.11. The third-order valence-corrected chi connectivity index (χ3v) is 9.10. The van der Waals surface area contributed by atoms with E-state index < -0.39 is 37.2 Å². The van der Waals surface area contributed by atoms with Gasteiger partial charge in [0.1, 0.15) is 0 Å². The molecule has 0 atom stereocenters. The maximum absolute atomic E-state index is 11.7. The lowest BCUT2D eigenvalue weighted by Crippen LogP contribution is -2.22. The molecular weight excluding hydrogens is 545 g/mol. The zero-order valence-corrected chi connectivity index (χ0v) is 20.6. The summed E-state index contributed by atoms with van der Waals surface area (Å²) in [5, 5.41) is 0. The van der Waals surface area contributed by atoms with Crippen molar-refractivity contribution >= 4 is 69.2 Å². The normalized spacial score (nSPS) is 12.9. The standard InChI is InChI=1S/C8H10ClNO4S2.C6H4Cl2O4S2/c1-10(2)16(13,14)8-5-3-4-7(6-8)15(9,11)12;7-13(9,10)5-2-1-3-6(4-5)14(8,11)12/h3-6H,1-2H3;1-4H. The number of hydrogen-bond acceptors (Lipinski definition) is 8. The van der Waals surface area contributed by atoms with Gasteiger partial charge < -0.3 is 0 Å². The molecule has 0 spiro atoms. The quantitative estimate of drug-likeness (QED) is 0.510. The molecule has 2 aromatic carbocycles. The molecule has 168 valence electrons. The Bertz CT molecular complexity index is 1310. The first-order chi connectivity index (χ1) is 13.4. The van der Waals surface area contributed by atoms with Crippen LogP contribution in [0.25, 0.3) is 0 Å². The number of sulfonamides is 1. The van der Waals surface area contributed by atoms with Crippen molar-refractivity contribution in [1.82, 2.24) is 4.31 Å². The molecule has 0 aromatic heterocycles. The van der Waals surface area contributed by atoms with Crippen molar-refractivity contribution in [1.29, 1.82) is 0 Å². The third kappa shape index (κ3) is 7.64. The van der Waals surface area contributed by atoms with E-state index in [-0.39, 0.29) is 19.6 Å². The van der Waals surface area contributed by atoms with Crippen molar-refractivity contribution in [2.24, 2.45) is 0 Å². The summed E-state index contributed by atoms with van der Waals surface area (Å²) in [7, 11) is 2.43. The van der Waals surface area contributed by atoms with Crippen molar-refractivity contribution < 1.29 is 33.7 Å². The topological polar surface area (TPSA) is 140 Å². The maximum Gasteiger partial charge on any atom is 0.261 e. The van der Waals surface area contributed by atoms with Gasteiger partial charge in [-0.3, -0.25) is 0 Å². The largest absolute Gasteiger partial charge is 0.261 e. The predicted molar refractivity (Wildman–Crippen MR) is 113 cm³/mol. The lowest BCUT2D eigenvalue weighted by atomic mass is 10.4. The summed E-state index contributed by atoms with van der Waals surface area (Å²) in [6, 6.07) is 9.37. The summed E-state index contributed by atoms with van der Waals surface area (Å²) >= 11 is 0. The Morgan fingerprint density at radius 2 is 0.833 bits per heavy atom. The maximum atomic E-state index is 11.7. The van der Waals surface area contributed by atoms with Crippen LogP contribution in [0.1, 0.15) is 0 Å². The number of rotatable bonds is 5. The van der Waals surface area contributed by atoms with E-state index in [1.807, 2.05) is 0 Å². The second kappa shape index (κ2) is 9.69. The fourth-order valence-electron chi connectivity index (χ4n) is 1.77. The zero-order chi connectivity index (χ0) is 23.5. The molecule has 2 aromatic rings. The molecule has 0 saturated carbocycles. The minimum atomic E-state index is -3.94. The van der Waals surface area contributed by atoms with Gasteiger partial charge in [-0.25, -0.2) is 38.0 Å². The number of nitrogens with zero attached hydrogens (tertiary/aromatic N) is 1. The van der Waals surface area contributed by atoms with E-state index in [1.54, 1.807) is 0 Å². The second-order valence-electron chi connectivity index (χ2n) is 5.55. The number of hydrogen-bond donors (Lipinski definition) is 0. The lowest BCUT2D eigenvalue weighted by molar-refractivity contribution is 0.520.